The molecule has 33 heavy (non-hydrogen) atoms. The third-order valence-electron chi connectivity index (χ3n) is 6.95. The van der Waals surface area contributed by atoms with Crippen LogP contribution in [0, 0.1) is 5.92 Å². The lowest BCUT2D eigenvalue weighted by Gasteiger charge is -2.49. The van der Waals surface area contributed by atoms with Crippen LogP contribution in [0.5, 0.6) is 0 Å². The Morgan fingerprint density at radius 2 is 1.76 bits per heavy atom. The zero-order chi connectivity index (χ0) is 23.5. The van der Waals surface area contributed by atoms with Crippen molar-refractivity contribution in [3.8, 4) is 0 Å². The summed E-state index contributed by atoms with van der Waals surface area (Å²) in [6.07, 6.45) is 3.64. The average molecular weight is 490 g/mol. The van der Waals surface area contributed by atoms with Crippen LogP contribution in [0.2, 0.25) is 10.0 Å². The first kappa shape index (κ1) is 24.1. The van der Waals surface area contributed by atoms with Crippen molar-refractivity contribution in [3.05, 3.63) is 69.7 Å². The maximum Gasteiger partial charge on any atom is 0.306 e. The van der Waals surface area contributed by atoms with Gasteiger partial charge in [-0.25, -0.2) is 0 Å². The SMILES string of the molecule is C[C@@H](C1CCCCC1)N1C(=O)[C@H](CC(=O)O)O[C@H](c2cccc(Cl)c2)[C@H]1c1ccc(Cl)cc1. The Kier molecular flexibility index (Phi) is 7.62. The van der Waals surface area contributed by atoms with Crippen LogP contribution in [-0.2, 0) is 14.3 Å². The van der Waals surface area contributed by atoms with Gasteiger partial charge in [0.1, 0.15) is 12.2 Å². The van der Waals surface area contributed by atoms with E-state index in [1.54, 1.807) is 6.07 Å². The van der Waals surface area contributed by atoms with E-state index in [0.717, 1.165) is 36.8 Å². The summed E-state index contributed by atoms with van der Waals surface area (Å²) in [5, 5.41) is 10.7. The highest BCUT2D eigenvalue weighted by molar-refractivity contribution is 6.30. The molecule has 176 valence electrons. The van der Waals surface area contributed by atoms with Crippen molar-refractivity contribution in [2.45, 2.75) is 69.7 Å². The van der Waals surface area contributed by atoms with Crippen LogP contribution < -0.4 is 0 Å². The smallest absolute Gasteiger partial charge is 0.306 e. The lowest BCUT2D eigenvalue weighted by molar-refractivity contribution is -0.185. The quantitative estimate of drug-likeness (QED) is 0.506. The molecule has 0 bridgehead atoms. The molecule has 1 saturated heterocycles. The number of morpholine rings is 1. The highest BCUT2D eigenvalue weighted by Crippen LogP contribution is 2.46. The Balaban J connectivity index is 1.82. The van der Waals surface area contributed by atoms with Crippen molar-refractivity contribution in [1.82, 2.24) is 4.90 Å². The highest BCUT2D eigenvalue weighted by atomic mass is 35.5. The Labute approximate surface area is 204 Å². The maximum atomic E-state index is 13.7. The number of carbonyl (C=O) groups is 2. The zero-order valence-electron chi connectivity index (χ0n) is 18.6. The molecule has 2 aromatic carbocycles. The van der Waals surface area contributed by atoms with Crippen LogP contribution in [-0.4, -0.2) is 34.0 Å². The van der Waals surface area contributed by atoms with Gasteiger partial charge >= 0.3 is 5.97 Å². The van der Waals surface area contributed by atoms with Crippen molar-refractivity contribution in [2.24, 2.45) is 5.92 Å². The molecule has 4 rings (SSSR count). The lowest BCUT2D eigenvalue weighted by Crippen LogP contribution is -2.56. The summed E-state index contributed by atoms with van der Waals surface area (Å²) in [6, 6.07) is 14.3. The second-order valence-electron chi connectivity index (χ2n) is 9.08. The van der Waals surface area contributed by atoms with Crippen molar-refractivity contribution in [2.75, 3.05) is 0 Å². The summed E-state index contributed by atoms with van der Waals surface area (Å²) < 4.78 is 6.25. The molecule has 1 aliphatic heterocycles. The second-order valence-corrected chi connectivity index (χ2v) is 9.95. The summed E-state index contributed by atoms with van der Waals surface area (Å²) in [4.78, 5) is 27.2. The molecule has 1 N–H and O–H groups in total. The molecule has 1 heterocycles. The fourth-order valence-corrected chi connectivity index (χ4v) is 5.62. The molecule has 0 spiro atoms. The number of amides is 1. The van der Waals surface area contributed by atoms with Gasteiger partial charge in [0.05, 0.1) is 12.5 Å². The van der Waals surface area contributed by atoms with Gasteiger partial charge in [-0.1, -0.05) is 66.7 Å². The second kappa shape index (κ2) is 10.5. The topological polar surface area (TPSA) is 66.8 Å². The Bertz CT molecular complexity index is 990. The predicted molar refractivity (Wildman–Crippen MR) is 128 cm³/mol. The first-order valence-corrected chi connectivity index (χ1v) is 12.3. The number of benzene rings is 2. The number of hydrogen-bond donors (Lipinski definition) is 1. The molecular weight excluding hydrogens is 461 g/mol. The molecule has 0 aromatic heterocycles. The van der Waals surface area contributed by atoms with Gasteiger partial charge < -0.3 is 14.7 Å². The summed E-state index contributed by atoms with van der Waals surface area (Å²) in [6.45, 7) is 2.09. The van der Waals surface area contributed by atoms with E-state index in [9.17, 15) is 14.7 Å². The Morgan fingerprint density at radius 3 is 2.39 bits per heavy atom. The van der Waals surface area contributed by atoms with E-state index in [2.05, 4.69) is 6.92 Å². The molecule has 1 amide bonds. The maximum absolute atomic E-state index is 13.7. The number of ether oxygens (including phenoxy) is 1. The Hall–Kier alpha value is -2.08. The number of carbonyl (C=O) groups excluding carboxylic acids is 1. The zero-order valence-corrected chi connectivity index (χ0v) is 20.1. The summed E-state index contributed by atoms with van der Waals surface area (Å²) in [7, 11) is 0. The largest absolute Gasteiger partial charge is 0.481 e. The van der Waals surface area contributed by atoms with E-state index in [1.807, 2.05) is 47.4 Å². The fourth-order valence-electron chi connectivity index (χ4n) is 5.29. The van der Waals surface area contributed by atoms with Crippen molar-refractivity contribution in [3.63, 3.8) is 0 Å². The van der Waals surface area contributed by atoms with Gasteiger partial charge in [0.15, 0.2) is 0 Å². The first-order chi connectivity index (χ1) is 15.8. The molecule has 2 aliphatic rings. The van der Waals surface area contributed by atoms with Gasteiger partial charge in [0, 0.05) is 16.1 Å². The summed E-state index contributed by atoms with van der Waals surface area (Å²) in [5.74, 6) is -0.969. The molecule has 0 unspecified atom stereocenters. The predicted octanol–water partition coefficient (Wildman–Crippen LogP) is 6.45. The van der Waals surface area contributed by atoms with Gasteiger partial charge in [-0.2, -0.15) is 0 Å². The average Bonchev–Trinajstić information content (AvgIpc) is 2.80. The molecule has 1 aliphatic carbocycles. The normalized spacial score (nSPS) is 25.1. The molecular formula is C26H29Cl2NO4. The molecule has 0 radical (unpaired) electrons. The third-order valence-corrected chi connectivity index (χ3v) is 7.43. The molecule has 2 fully saturated rings. The van der Waals surface area contributed by atoms with Gasteiger partial charge in [-0.05, 0) is 61.1 Å². The fraction of sp³-hybridized carbons (Fsp3) is 0.462. The van der Waals surface area contributed by atoms with E-state index < -0.39 is 24.2 Å². The van der Waals surface area contributed by atoms with E-state index in [-0.39, 0.29) is 18.4 Å². The van der Waals surface area contributed by atoms with Gasteiger partial charge in [-0.3, -0.25) is 9.59 Å². The van der Waals surface area contributed by atoms with Crippen molar-refractivity contribution < 1.29 is 19.4 Å². The van der Waals surface area contributed by atoms with E-state index in [0.29, 0.717) is 16.0 Å². The number of aliphatic carboxylic acids is 1. The van der Waals surface area contributed by atoms with Crippen LogP contribution in [0.25, 0.3) is 0 Å². The van der Waals surface area contributed by atoms with Gasteiger partial charge in [0.2, 0.25) is 0 Å². The van der Waals surface area contributed by atoms with Crippen LogP contribution in [0.15, 0.2) is 48.5 Å². The number of nitrogens with zero attached hydrogens (tertiary/aromatic N) is 1. The number of rotatable bonds is 6. The first-order valence-electron chi connectivity index (χ1n) is 11.6. The third kappa shape index (κ3) is 5.37. The van der Waals surface area contributed by atoms with Crippen LogP contribution in [0.1, 0.15) is 68.7 Å². The molecule has 5 nitrogen and oxygen atoms in total. The van der Waals surface area contributed by atoms with E-state index in [4.69, 9.17) is 27.9 Å². The van der Waals surface area contributed by atoms with Crippen LogP contribution >= 0.6 is 23.2 Å². The number of halogens is 2. The number of carboxylic acid groups (broad SMARTS) is 1. The van der Waals surface area contributed by atoms with Gasteiger partial charge in [-0.15, -0.1) is 0 Å². The minimum atomic E-state index is -1.06. The number of carboxylic acids is 1. The van der Waals surface area contributed by atoms with E-state index in [1.165, 1.54) is 6.42 Å². The van der Waals surface area contributed by atoms with E-state index >= 15 is 0 Å². The lowest BCUT2D eigenvalue weighted by atomic mass is 9.81. The van der Waals surface area contributed by atoms with Crippen molar-refractivity contribution >= 4 is 35.1 Å². The monoisotopic (exact) mass is 489 g/mol. The Morgan fingerprint density at radius 1 is 1.06 bits per heavy atom. The van der Waals surface area contributed by atoms with Crippen LogP contribution in [0.4, 0.5) is 0 Å². The van der Waals surface area contributed by atoms with Gasteiger partial charge in [0.25, 0.3) is 5.91 Å². The summed E-state index contributed by atoms with van der Waals surface area (Å²) in [5.41, 5.74) is 1.71. The molecule has 7 heteroatoms. The minimum Gasteiger partial charge on any atom is -0.481 e. The molecule has 1 saturated carbocycles. The van der Waals surface area contributed by atoms with Crippen LogP contribution in [0.3, 0.4) is 0 Å². The molecule has 4 atom stereocenters. The van der Waals surface area contributed by atoms with Crippen molar-refractivity contribution in [1.29, 1.82) is 0 Å². The molecule has 2 aromatic rings. The summed E-state index contributed by atoms with van der Waals surface area (Å²) >= 11 is 12.5. The number of hydrogen-bond acceptors (Lipinski definition) is 3. The standard InChI is InChI=1S/C26H29Cl2NO4/c1-16(17-6-3-2-4-7-17)29-24(18-10-12-20(27)13-11-18)25(19-8-5-9-21(28)14-19)33-22(26(29)32)15-23(30)31/h5,8-14,16-17,22,24-25H,2-4,6-7,15H2,1H3,(H,30,31)/t16-,22-,24+,25+/m0/s1. The highest BCUT2D eigenvalue weighted by Gasteiger charge is 2.47. The minimum absolute atomic E-state index is 0.0552.